The second kappa shape index (κ2) is 3.38. The maximum Gasteiger partial charge on any atom is 0.430 e. The fourth-order valence-electron chi connectivity index (χ4n) is 0.0947. The Morgan fingerprint density at radius 2 is 2.43 bits per heavy atom. The third-order valence-corrected chi connectivity index (χ3v) is 0.240. The van der Waals surface area contributed by atoms with Gasteiger partial charge in [0.05, 0.1) is 0 Å². The van der Waals surface area contributed by atoms with Crippen molar-refractivity contribution in [3.63, 3.8) is 0 Å². The summed E-state index contributed by atoms with van der Waals surface area (Å²) in [6.45, 7) is 0. The van der Waals surface area contributed by atoms with Crippen LogP contribution in [-0.2, 0) is 4.94 Å². The third kappa shape index (κ3) is 5.19. The molecular formula is C2H6N2O3. The van der Waals surface area contributed by atoms with Gasteiger partial charge in [-0.15, -0.1) is 0 Å². The van der Waals surface area contributed by atoms with Gasteiger partial charge in [-0.25, -0.2) is 4.79 Å². The van der Waals surface area contributed by atoms with Crippen molar-refractivity contribution in [1.82, 2.24) is 11.0 Å². The van der Waals surface area contributed by atoms with Crippen LogP contribution < -0.4 is 11.0 Å². The highest BCUT2D eigenvalue weighted by molar-refractivity contribution is 5.62. The lowest BCUT2D eigenvalue weighted by Gasteiger charge is -1.94. The second-order valence-electron chi connectivity index (χ2n) is 0.713. The lowest BCUT2D eigenvalue weighted by Crippen LogP contribution is -2.27. The SMILES string of the molecule is CNONC(=O)O. The molecule has 0 aliphatic carbocycles. The van der Waals surface area contributed by atoms with Gasteiger partial charge in [0.15, 0.2) is 0 Å². The summed E-state index contributed by atoms with van der Waals surface area (Å²) >= 11 is 0. The van der Waals surface area contributed by atoms with Crippen molar-refractivity contribution in [2.45, 2.75) is 0 Å². The molecular weight excluding hydrogens is 100 g/mol. The molecule has 0 saturated heterocycles. The summed E-state index contributed by atoms with van der Waals surface area (Å²) in [7, 11) is 1.44. The number of hydrogen-bond acceptors (Lipinski definition) is 3. The van der Waals surface area contributed by atoms with E-state index >= 15 is 0 Å². The summed E-state index contributed by atoms with van der Waals surface area (Å²) in [5, 5.41) is 7.77. The first-order valence-electron chi connectivity index (χ1n) is 1.59. The molecule has 5 heteroatoms. The van der Waals surface area contributed by atoms with Crippen LogP contribution in [0.25, 0.3) is 0 Å². The van der Waals surface area contributed by atoms with Crippen molar-refractivity contribution in [3.8, 4) is 0 Å². The molecule has 0 fully saturated rings. The molecule has 1 amide bonds. The number of nitrogens with one attached hydrogen (secondary N) is 2. The zero-order valence-electron chi connectivity index (χ0n) is 3.76. The highest BCUT2D eigenvalue weighted by Gasteiger charge is 1.86. The maximum atomic E-state index is 9.48. The number of hydrogen-bond donors (Lipinski definition) is 3. The van der Waals surface area contributed by atoms with E-state index in [1.807, 2.05) is 0 Å². The average Bonchev–Trinajstić information content (AvgIpc) is 1.61. The fraction of sp³-hybridized carbons (Fsp3) is 0.500. The summed E-state index contributed by atoms with van der Waals surface area (Å²) < 4.78 is 0. The molecule has 0 spiro atoms. The van der Waals surface area contributed by atoms with E-state index in [0.717, 1.165) is 0 Å². The molecule has 0 aromatic carbocycles. The molecule has 0 radical (unpaired) electrons. The Kier molecular flexibility index (Phi) is 2.99. The summed E-state index contributed by atoms with van der Waals surface area (Å²) in [4.78, 5) is 13.5. The van der Waals surface area contributed by atoms with Crippen molar-refractivity contribution in [2.24, 2.45) is 0 Å². The third-order valence-electron chi connectivity index (χ3n) is 0.240. The maximum absolute atomic E-state index is 9.48. The van der Waals surface area contributed by atoms with Crippen LogP contribution in [0.2, 0.25) is 0 Å². The number of carboxylic acid groups (broad SMARTS) is 1. The van der Waals surface area contributed by atoms with Gasteiger partial charge < -0.3 is 5.11 Å². The van der Waals surface area contributed by atoms with Crippen LogP contribution in [0.1, 0.15) is 0 Å². The van der Waals surface area contributed by atoms with Gasteiger partial charge in [-0.05, 0) is 0 Å². The molecule has 3 N–H and O–H groups in total. The minimum Gasteiger partial charge on any atom is -0.464 e. The fourth-order valence-corrected chi connectivity index (χ4v) is 0.0947. The minimum absolute atomic E-state index is 1.23. The van der Waals surface area contributed by atoms with Gasteiger partial charge in [-0.1, -0.05) is 0 Å². The summed E-state index contributed by atoms with van der Waals surface area (Å²) in [6.07, 6.45) is -1.23. The molecule has 0 aromatic heterocycles. The van der Waals surface area contributed by atoms with Crippen molar-refractivity contribution in [3.05, 3.63) is 0 Å². The summed E-state index contributed by atoms with van der Waals surface area (Å²) in [6, 6.07) is 0. The van der Waals surface area contributed by atoms with Crippen molar-refractivity contribution < 1.29 is 14.8 Å². The average molecular weight is 106 g/mol. The van der Waals surface area contributed by atoms with Crippen LogP contribution in [0.5, 0.6) is 0 Å². The molecule has 0 aliphatic rings. The van der Waals surface area contributed by atoms with E-state index in [-0.39, 0.29) is 0 Å². The van der Waals surface area contributed by atoms with Crippen molar-refractivity contribution >= 4 is 6.09 Å². The van der Waals surface area contributed by atoms with E-state index in [0.29, 0.717) is 0 Å². The minimum atomic E-state index is -1.23. The summed E-state index contributed by atoms with van der Waals surface area (Å²) in [5.74, 6) is 0. The monoisotopic (exact) mass is 106 g/mol. The predicted molar refractivity (Wildman–Crippen MR) is 21.3 cm³/mol. The zero-order chi connectivity index (χ0) is 5.70. The molecule has 0 unspecified atom stereocenters. The van der Waals surface area contributed by atoms with Gasteiger partial charge in [0.1, 0.15) is 0 Å². The van der Waals surface area contributed by atoms with E-state index in [2.05, 4.69) is 10.4 Å². The van der Waals surface area contributed by atoms with Crippen molar-refractivity contribution in [1.29, 1.82) is 0 Å². The molecule has 0 aromatic rings. The van der Waals surface area contributed by atoms with E-state index in [4.69, 9.17) is 5.11 Å². The summed E-state index contributed by atoms with van der Waals surface area (Å²) in [5.41, 5.74) is 3.71. The quantitative estimate of drug-likeness (QED) is 0.408. The largest absolute Gasteiger partial charge is 0.464 e. The Morgan fingerprint density at radius 3 is 2.57 bits per heavy atom. The van der Waals surface area contributed by atoms with Crippen molar-refractivity contribution in [2.75, 3.05) is 7.05 Å². The van der Waals surface area contributed by atoms with Gasteiger partial charge >= 0.3 is 6.09 Å². The van der Waals surface area contributed by atoms with E-state index in [9.17, 15) is 4.79 Å². The molecule has 0 rings (SSSR count). The number of rotatable bonds is 2. The second-order valence-corrected chi connectivity index (χ2v) is 0.713. The van der Waals surface area contributed by atoms with Gasteiger partial charge in [0.2, 0.25) is 0 Å². The van der Waals surface area contributed by atoms with Crippen LogP contribution in [0, 0.1) is 0 Å². The normalized spacial score (nSPS) is 8.14. The smallest absolute Gasteiger partial charge is 0.430 e. The highest BCUT2D eigenvalue weighted by atomic mass is 16.8. The van der Waals surface area contributed by atoms with Gasteiger partial charge in [0, 0.05) is 7.05 Å². The molecule has 0 heterocycles. The molecule has 0 bridgehead atoms. The molecule has 0 aliphatic heterocycles. The highest BCUT2D eigenvalue weighted by Crippen LogP contribution is 1.54. The number of hydroxylamine groups is 2. The first-order valence-corrected chi connectivity index (χ1v) is 1.59. The lowest BCUT2D eigenvalue weighted by atomic mass is 11.3. The lowest BCUT2D eigenvalue weighted by molar-refractivity contribution is -0.0156. The first kappa shape index (κ1) is 6.19. The van der Waals surface area contributed by atoms with Gasteiger partial charge in [-0.2, -0.15) is 15.9 Å². The van der Waals surface area contributed by atoms with Gasteiger partial charge in [0.25, 0.3) is 0 Å². The van der Waals surface area contributed by atoms with E-state index < -0.39 is 6.09 Å². The Morgan fingerprint density at radius 1 is 1.86 bits per heavy atom. The zero-order valence-corrected chi connectivity index (χ0v) is 3.76. The molecule has 7 heavy (non-hydrogen) atoms. The van der Waals surface area contributed by atoms with Crippen LogP contribution in [0.15, 0.2) is 0 Å². The topological polar surface area (TPSA) is 70.6 Å². The number of carbonyl (C=O) groups is 1. The Balaban J connectivity index is 2.82. The predicted octanol–water partition coefficient (Wildman–Crippen LogP) is -0.680. The van der Waals surface area contributed by atoms with Crippen LogP contribution in [-0.4, -0.2) is 18.2 Å². The standard InChI is InChI=1S/C2H6N2O3/c1-3-7-4-2(5)6/h3-4H,1H3,(H,5,6). The molecule has 5 nitrogen and oxygen atoms in total. The molecule has 0 atom stereocenters. The first-order chi connectivity index (χ1) is 3.27. The molecule has 42 valence electrons. The van der Waals surface area contributed by atoms with Gasteiger partial charge in [-0.3, -0.25) is 0 Å². The Bertz CT molecular complexity index is 64.0. The van der Waals surface area contributed by atoms with Crippen LogP contribution >= 0.6 is 0 Å². The Hall–Kier alpha value is -0.810. The molecule has 0 saturated carbocycles. The number of amides is 1. The van der Waals surface area contributed by atoms with Crippen LogP contribution in [0.3, 0.4) is 0 Å². The van der Waals surface area contributed by atoms with Crippen LogP contribution in [0.4, 0.5) is 4.79 Å². The Labute approximate surface area is 40.2 Å². The van der Waals surface area contributed by atoms with E-state index in [1.54, 1.807) is 5.48 Å². The van der Waals surface area contributed by atoms with E-state index in [1.165, 1.54) is 7.05 Å².